The Morgan fingerprint density at radius 1 is 1.25 bits per heavy atom. The third kappa shape index (κ3) is 4.84. The van der Waals surface area contributed by atoms with Gasteiger partial charge in [-0.2, -0.15) is 0 Å². The molecular formula is C14H21BrN2O2S. The summed E-state index contributed by atoms with van der Waals surface area (Å²) in [5, 5.41) is 3.47. The van der Waals surface area contributed by atoms with Gasteiger partial charge in [0.25, 0.3) is 0 Å². The molecular weight excluding hydrogens is 340 g/mol. The minimum atomic E-state index is -3.05. The van der Waals surface area contributed by atoms with Crippen molar-refractivity contribution in [3.8, 4) is 0 Å². The van der Waals surface area contributed by atoms with Crippen LogP contribution < -0.4 is 10.0 Å². The second-order valence-corrected chi connectivity index (χ2v) is 8.05. The molecule has 1 aliphatic carbocycles. The summed E-state index contributed by atoms with van der Waals surface area (Å²) in [6.45, 7) is 1.36. The number of nitrogens with one attached hydrogen (secondary N) is 2. The Morgan fingerprint density at radius 2 is 1.95 bits per heavy atom. The van der Waals surface area contributed by atoms with Crippen molar-refractivity contribution in [3.05, 3.63) is 34.3 Å². The van der Waals surface area contributed by atoms with E-state index in [0.717, 1.165) is 25.8 Å². The van der Waals surface area contributed by atoms with Gasteiger partial charge >= 0.3 is 0 Å². The Balaban J connectivity index is 1.62. The fourth-order valence-electron chi connectivity index (χ4n) is 2.50. The third-order valence-electron chi connectivity index (χ3n) is 3.63. The highest BCUT2D eigenvalue weighted by Gasteiger charge is 2.30. The quantitative estimate of drug-likeness (QED) is 0.733. The molecule has 1 aliphatic rings. The number of sulfonamides is 1. The SMILES string of the molecule is CS(=O)(=O)NCCCNC1CC(c2ccccc2Br)C1. The summed E-state index contributed by atoms with van der Waals surface area (Å²) in [7, 11) is -3.05. The van der Waals surface area contributed by atoms with Gasteiger partial charge in [0.15, 0.2) is 0 Å². The van der Waals surface area contributed by atoms with Crippen molar-refractivity contribution in [2.45, 2.75) is 31.2 Å². The van der Waals surface area contributed by atoms with E-state index in [9.17, 15) is 8.42 Å². The molecule has 0 radical (unpaired) electrons. The molecule has 1 aromatic carbocycles. The Morgan fingerprint density at radius 3 is 2.60 bits per heavy atom. The van der Waals surface area contributed by atoms with Crippen molar-refractivity contribution in [3.63, 3.8) is 0 Å². The van der Waals surface area contributed by atoms with Gasteiger partial charge in [0.2, 0.25) is 10.0 Å². The fourth-order valence-corrected chi connectivity index (χ4v) is 3.62. The van der Waals surface area contributed by atoms with E-state index in [2.05, 4.69) is 44.2 Å². The topological polar surface area (TPSA) is 58.2 Å². The van der Waals surface area contributed by atoms with E-state index in [4.69, 9.17) is 0 Å². The van der Waals surface area contributed by atoms with E-state index >= 15 is 0 Å². The first-order chi connectivity index (χ1) is 9.46. The first-order valence-corrected chi connectivity index (χ1v) is 9.56. The molecule has 0 spiro atoms. The van der Waals surface area contributed by atoms with Crippen LogP contribution in [0.5, 0.6) is 0 Å². The van der Waals surface area contributed by atoms with Crippen molar-refractivity contribution >= 4 is 26.0 Å². The first-order valence-electron chi connectivity index (χ1n) is 6.88. The fraction of sp³-hybridized carbons (Fsp3) is 0.571. The summed E-state index contributed by atoms with van der Waals surface area (Å²) < 4.78 is 25.5. The molecule has 0 unspecified atom stereocenters. The molecule has 6 heteroatoms. The maximum absolute atomic E-state index is 10.9. The smallest absolute Gasteiger partial charge is 0.208 e. The largest absolute Gasteiger partial charge is 0.314 e. The van der Waals surface area contributed by atoms with E-state index in [1.807, 2.05) is 6.07 Å². The van der Waals surface area contributed by atoms with Crippen LogP contribution in [0.1, 0.15) is 30.7 Å². The number of rotatable bonds is 7. The number of halogens is 1. The minimum absolute atomic E-state index is 0.506. The number of hydrogen-bond donors (Lipinski definition) is 2. The standard InChI is InChI=1S/C14H21BrN2O2S/c1-20(18,19)17-8-4-7-16-12-9-11(10-12)13-5-2-3-6-14(13)15/h2-3,5-6,11-12,16-17H,4,7-10H2,1H3. The highest BCUT2D eigenvalue weighted by atomic mass is 79.9. The molecule has 0 aromatic heterocycles. The Kier molecular flexibility index (Phi) is 5.60. The van der Waals surface area contributed by atoms with Crippen LogP contribution in [0.25, 0.3) is 0 Å². The molecule has 1 saturated carbocycles. The van der Waals surface area contributed by atoms with Gasteiger partial charge in [-0.3, -0.25) is 0 Å². The highest BCUT2D eigenvalue weighted by Crippen LogP contribution is 2.39. The lowest BCUT2D eigenvalue weighted by atomic mass is 9.76. The van der Waals surface area contributed by atoms with Crippen molar-refractivity contribution in [2.75, 3.05) is 19.3 Å². The van der Waals surface area contributed by atoms with Crippen molar-refractivity contribution in [2.24, 2.45) is 0 Å². The van der Waals surface area contributed by atoms with Gasteiger partial charge in [0.05, 0.1) is 6.26 Å². The third-order valence-corrected chi connectivity index (χ3v) is 5.08. The minimum Gasteiger partial charge on any atom is -0.314 e. The predicted molar refractivity (Wildman–Crippen MR) is 85.4 cm³/mol. The average molecular weight is 361 g/mol. The summed E-state index contributed by atoms with van der Waals surface area (Å²) in [4.78, 5) is 0. The summed E-state index contributed by atoms with van der Waals surface area (Å²) in [6, 6.07) is 8.95. The number of hydrogen-bond acceptors (Lipinski definition) is 3. The summed E-state index contributed by atoms with van der Waals surface area (Å²) >= 11 is 3.60. The lowest BCUT2D eigenvalue weighted by Crippen LogP contribution is -2.41. The maximum atomic E-state index is 10.9. The lowest BCUT2D eigenvalue weighted by molar-refractivity contribution is 0.290. The van der Waals surface area contributed by atoms with E-state index in [1.165, 1.54) is 16.3 Å². The van der Waals surface area contributed by atoms with Crippen molar-refractivity contribution in [1.82, 2.24) is 10.0 Å². The van der Waals surface area contributed by atoms with E-state index < -0.39 is 10.0 Å². The maximum Gasteiger partial charge on any atom is 0.208 e. The van der Waals surface area contributed by atoms with Gasteiger partial charge < -0.3 is 5.32 Å². The molecule has 0 saturated heterocycles. The molecule has 1 fully saturated rings. The van der Waals surface area contributed by atoms with E-state index in [-0.39, 0.29) is 0 Å². The number of benzene rings is 1. The zero-order valence-corrected chi connectivity index (χ0v) is 14.0. The Bertz CT molecular complexity index is 542. The van der Waals surface area contributed by atoms with Gasteiger partial charge in [-0.25, -0.2) is 13.1 Å². The van der Waals surface area contributed by atoms with Crippen LogP contribution in [0.2, 0.25) is 0 Å². The second-order valence-electron chi connectivity index (χ2n) is 5.36. The molecule has 0 bridgehead atoms. The van der Waals surface area contributed by atoms with Gasteiger partial charge in [0, 0.05) is 17.1 Å². The molecule has 20 heavy (non-hydrogen) atoms. The van der Waals surface area contributed by atoms with Crippen LogP contribution in [0.3, 0.4) is 0 Å². The van der Waals surface area contributed by atoms with Gasteiger partial charge in [-0.15, -0.1) is 0 Å². The van der Waals surface area contributed by atoms with Gasteiger partial charge in [0.1, 0.15) is 0 Å². The van der Waals surface area contributed by atoms with Crippen LogP contribution in [0, 0.1) is 0 Å². The normalized spacial score (nSPS) is 22.5. The molecule has 1 aromatic rings. The summed E-state index contributed by atoms with van der Waals surface area (Å²) in [5.41, 5.74) is 1.39. The summed E-state index contributed by atoms with van der Waals surface area (Å²) in [6.07, 6.45) is 4.32. The van der Waals surface area contributed by atoms with E-state index in [0.29, 0.717) is 18.5 Å². The van der Waals surface area contributed by atoms with Crippen LogP contribution in [0.15, 0.2) is 28.7 Å². The van der Waals surface area contributed by atoms with Crippen LogP contribution in [-0.2, 0) is 10.0 Å². The molecule has 4 nitrogen and oxygen atoms in total. The highest BCUT2D eigenvalue weighted by molar-refractivity contribution is 9.10. The van der Waals surface area contributed by atoms with E-state index in [1.54, 1.807) is 0 Å². The summed E-state index contributed by atoms with van der Waals surface area (Å²) in [5.74, 6) is 0.636. The first kappa shape index (κ1) is 15.9. The van der Waals surface area contributed by atoms with Gasteiger partial charge in [-0.05, 0) is 43.4 Å². The molecule has 2 rings (SSSR count). The van der Waals surface area contributed by atoms with Crippen molar-refractivity contribution in [1.29, 1.82) is 0 Å². The second kappa shape index (κ2) is 7.02. The molecule has 2 N–H and O–H groups in total. The molecule has 0 atom stereocenters. The van der Waals surface area contributed by atoms with Crippen LogP contribution >= 0.6 is 15.9 Å². The predicted octanol–water partition coefficient (Wildman–Crippen LogP) is 2.22. The van der Waals surface area contributed by atoms with Crippen molar-refractivity contribution < 1.29 is 8.42 Å². The van der Waals surface area contributed by atoms with Gasteiger partial charge in [-0.1, -0.05) is 34.1 Å². The molecule has 0 heterocycles. The molecule has 0 amide bonds. The Labute approximate surface area is 129 Å². The average Bonchev–Trinajstić information content (AvgIpc) is 2.31. The zero-order valence-electron chi connectivity index (χ0n) is 11.6. The molecule has 0 aliphatic heterocycles. The zero-order chi connectivity index (χ0) is 14.6. The molecule has 112 valence electrons. The van der Waals surface area contributed by atoms with Crippen LogP contribution in [-0.4, -0.2) is 33.8 Å². The monoisotopic (exact) mass is 360 g/mol. The lowest BCUT2D eigenvalue weighted by Gasteiger charge is -2.37. The van der Waals surface area contributed by atoms with Crippen LogP contribution in [0.4, 0.5) is 0 Å². The Hall–Kier alpha value is -0.430.